The lowest BCUT2D eigenvalue weighted by Crippen LogP contribution is -2.33. The van der Waals surface area contributed by atoms with Gasteiger partial charge in [-0.15, -0.1) is 0 Å². The number of hydrogen-bond acceptors (Lipinski definition) is 3. The van der Waals surface area contributed by atoms with Crippen LogP contribution >= 0.6 is 0 Å². The highest BCUT2D eigenvalue weighted by Crippen LogP contribution is 2.14. The normalized spacial score (nSPS) is 17.0. The predicted molar refractivity (Wildman–Crippen MR) is 52.5 cm³/mol. The Morgan fingerprint density at radius 2 is 1.71 bits per heavy atom. The van der Waals surface area contributed by atoms with Crippen molar-refractivity contribution < 1.29 is 9.59 Å². The van der Waals surface area contributed by atoms with Crippen LogP contribution in [0.15, 0.2) is 5.10 Å². The van der Waals surface area contributed by atoms with Crippen LogP contribution in [-0.4, -0.2) is 17.5 Å². The Morgan fingerprint density at radius 1 is 1.14 bits per heavy atom. The number of nitrogens with two attached hydrogens (primary N) is 1. The minimum atomic E-state index is -0.997. The van der Waals surface area contributed by atoms with Crippen LogP contribution in [0.2, 0.25) is 0 Å². The number of primary amides is 1. The second kappa shape index (κ2) is 5.36. The van der Waals surface area contributed by atoms with Gasteiger partial charge in [-0.25, -0.2) is 5.43 Å². The molecule has 0 aromatic carbocycles. The Hall–Kier alpha value is -1.39. The maximum absolute atomic E-state index is 10.8. The molecule has 0 atom stereocenters. The fraction of sp³-hybridized carbons (Fsp3) is 0.667. The van der Waals surface area contributed by atoms with Crippen LogP contribution < -0.4 is 11.2 Å². The molecule has 1 aliphatic carbocycles. The fourth-order valence-corrected chi connectivity index (χ4v) is 1.43. The zero-order valence-electron chi connectivity index (χ0n) is 8.08. The third kappa shape index (κ3) is 3.55. The van der Waals surface area contributed by atoms with E-state index in [9.17, 15) is 9.59 Å². The summed E-state index contributed by atoms with van der Waals surface area (Å²) in [7, 11) is 0. The summed E-state index contributed by atoms with van der Waals surface area (Å²) in [6, 6.07) is 0. The molecule has 1 aliphatic rings. The van der Waals surface area contributed by atoms with Crippen LogP contribution in [0.25, 0.3) is 0 Å². The molecule has 2 amide bonds. The molecule has 0 aromatic rings. The SMILES string of the molecule is NC(=O)C(=O)NN=C1CCCCCC1. The van der Waals surface area contributed by atoms with Gasteiger partial charge in [-0.2, -0.15) is 5.10 Å². The van der Waals surface area contributed by atoms with E-state index in [0.717, 1.165) is 31.4 Å². The second-order valence-electron chi connectivity index (χ2n) is 3.40. The van der Waals surface area contributed by atoms with Crippen LogP contribution in [0.1, 0.15) is 38.5 Å². The van der Waals surface area contributed by atoms with Crippen LogP contribution in [0.5, 0.6) is 0 Å². The van der Waals surface area contributed by atoms with Crippen molar-refractivity contribution >= 4 is 17.5 Å². The summed E-state index contributed by atoms with van der Waals surface area (Å²) < 4.78 is 0. The molecule has 0 radical (unpaired) electrons. The van der Waals surface area contributed by atoms with Gasteiger partial charge in [0.1, 0.15) is 0 Å². The lowest BCUT2D eigenvalue weighted by atomic mass is 10.2. The van der Waals surface area contributed by atoms with Gasteiger partial charge < -0.3 is 5.73 Å². The maximum atomic E-state index is 10.8. The van der Waals surface area contributed by atoms with E-state index >= 15 is 0 Å². The topological polar surface area (TPSA) is 84.5 Å². The zero-order valence-corrected chi connectivity index (χ0v) is 8.08. The van der Waals surface area contributed by atoms with Crippen molar-refractivity contribution in [2.24, 2.45) is 10.8 Å². The summed E-state index contributed by atoms with van der Waals surface area (Å²) in [6.45, 7) is 0. The molecule has 5 heteroatoms. The quantitative estimate of drug-likeness (QED) is 0.360. The molecule has 1 saturated carbocycles. The molecule has 0 unspecified atom stereocenters. The van der Waals surface area contributed by atoms with E-state index in [4.69, 9.17) is 5.73 Å². The Bertz CT molecular complexity index is 251. The summed E-state index contributed by atoms with van der Waals surface area (Å²) in [5.41, 5.74) is 7.87. The summed E-state index contributed by atoms with van der Waals surface area (Å²) in [6.07, 6.45) is 6.43. The van der Waals surface area contributed by atoms with Crippen molar-refractivity contribution in [2.75, 3.05) is 0 Å². The van der Waals surface area contributed by atoms with Gasteiger partial charge in [-0.05, 0) is 25.7 Å². The molecule has 0 saturated heterocycles. The molecule has 0 bridgehead atoms. The minimum absolute atomic E-state index is 0.846. The molecule has 78 valence electrons. The largest absolute Gasteiger partial charge is 0.361 e. The molecule has 1 rings (SSSR count). The van der Waals surface area contributed by atoms with Gasteiger partial charge in [0.2, 0.25) is 0 Å². The van der Waals surface area contributed by atoms with Crippen molar-refractivity contribution in [3.8, 4) is 0 Å². The van der Waals surface area contributed by atoms with Crippen molar-refractivity contribution in [1.29, 1.82) is 0 Å². The Morgan fingerprint density at radius 3 is 2.21 bits per heavy atom. The number of nitrogens with one attached hydrogen (secondary N) is 1. The van der Waals surface area contributed by atoms with Crippen molar-refractivity contribution in [3.05, 3.63) is 0 Å². The average molecular weight is 197 g/mol. The lowest BCUT2D eigenvalue weighted by molar-refractivity contribution is -0.137. The first-order valence-corrected chi connectivity index (χ1v) is 4.85. The van der Waals surface area contributed by atoms with Crippen molar-refractivity contribution in [3.63, 3.8) is 0 Å². The van der Waals surface area contributed by atoms with Crippen LogP contribution in [0.3, 0.4) is 0 Å². The molecule has 0 spiro atoms. The summed E-state index contributed by atoms with van der Waals surface area (Å²) in [4.78, 5) is 21.2. The molecule has 1 fully saturated rings. The van der Waals surface area contributed by atoms with Gasteiger partial charge in [0.25, 0.3) is 0 Å². The fourth-order valence-electron chi connectivity index (χ4n) is 1.43. The van der Waals surface area contributed by atoms with Crippen molar-refractivity contribution in [1.82, 2.24) is 5.43 Å². The van der Waals surface area contributed by atoms with Crippen molar-refractivity contribution in [2.45, 2.75) is 38.5 Å². The Balaban J connectivity index is 2.42. The van der Waals surface area contributed by atoms with Crippen LogP contribution in [-0.2, 0) is 9.59 Å². The first-order valence-electron chi connectivity index (χ1n) is 4.85. The van der Waals surface area contributed by atoms with Gasteiger partial charge >= 0.3 is 11.8 Å². The van der Waals surface area contributed by atoms with Gasteiger partial charge in [-0.3, -0.25) is 9.59 Å². The number of nitrogens with zero attached hydrogens (tertiary/aromatic N) is 1. The number of hydrogen-bond donors (Lipinski definition) is 2. The van der Waals surface area contributed by atoms with Crippen LogP contribution in [0.4, 0.5) is 0 Å². The van der Waals surface area contributed by atoms with E-state index in [2.05, 4.69) is 10.5 Å². The number of carbonyl (C=O) groups excluding carboxylic acids is 2. The molecule has 0 aromatic heterocycles. The Kier molecular flexibility index (Phi) is 4.10. The molecular weight excluding hydrogens is 182 g/mol. The summed E-state index contributed by atoms with van der Waals surface area (Å²) in [5.74, 6) is -1.84. The van der Waals surface area contributed by atoms with Crippen LogP contribution in [0, 0.1) is 0 Å². The molecule has 0 heterocycles. The number of hydrazone groups is 1. The molecule has 0 aliphatic heterocycles. The van der Waals surface area contributed by atoms with E-state index in [1.165, 1.54) is 12.8 Å². The third-order valence-electron chi connectivity index (χ3n) is 2.22. The number of carbonyl (C=O) groups is 2. The molecule has 14 heavy (non-hydrogen) atoms. The first kappa shape index (κ1) is 10.7. The first-order chi connectivity index (χ1) is 6.70. The summed E-state index contributed by atoms with van der Waals surface area (Å²) in [5, 5.41) is 3.88. The minimum Gasteiger partial charge on any atom is -0.361 e. The highest BCUT2D eigenvalue weighted by molar-refractivity contribution is 6.34. The van der Waals surface area contributed by atoms with E-state index in [1.54, 1.807) is 0 Å². The molecular formula is C9H15N3O2. The van der Waals surface area contributed by atoms with E-state index in [-0.39, 0.29) is 0 Å². The maximum Gasteiger partial charge on any atom is 0.329 e. The molecule has 3 N–H and O–H groups in total. The van der Waals surface area contributed by atoms with Gasteiger partial charge in [0, 0.05) is 5.71 Å². The standard InChI is InChI=1S/C9H15N3O2/c10-8(13)9(14)12-11-7-5-3-1-2-4-6-7/h1-6H2,(H2,10,13)(H,12,14). The molecule has 5 nitrogen and oxygen atoms in total. The average Bonchev–Trinajstić information content (AvgIpc) is 2.42. The summed E-state index contributed by atoms with van der Waals surface area (Å²) >= 11 is 0. The van der Waals surface area contributed by atoms with E-state index in [0.29, 0.717) is 0 Å². The van der Waals surface area contributed by atoms with E-state index < -0.39 is 11.8 Å². The highest BCUT2D eigenvalue weighted by Gasteiger charge is 2.09. The third-order valence-corrected chi connectivity index (χ3v) is 2.22. The second-order valence-corrected chi connectivity index (χ2v) is 3.40. The smallest absolute Gasteiger partial charge is 0.329 e. The van der Waals surface area contributed by atoms with Gasteiger partial charge in [-0.1, -0.05) is 12.8 Å². The van der Waals surface area contributed by atoms with Gasteiger partial charge in [0.05, 0.1) is 0 Å². The Labute approximate surface area is 82.7 Å². The highest BCUT2D eigenvalue weighted by atomic mass is 16.2. The number of amides is 2. The van der Waals surface area contributed by atoms with Gasteiger partial charge in [0.15, 0.2) is 0 Å². The zero-order chi connectivity index (χ0) is 10.4. The lowest BCUT2D eigenvalue weighted by Gasteiger charge is -2.00. The monoisotopic (exact) mass is 197 g/mol. The number of rotatable bonds is 1. The van der Waals surface area contributed by atoms with E-state index in [1.807, 2.05) is 0 Å². The predicted octanol–water partition coefficient (Wildman–Crippen LogP) is 0.298.